The normalized spacial score (nSPS) is 9.50. The maximum atomic E-state index is 11.4. The summed E-state index contributed by atoms with van der Waals surface area (Å²) in [5, 5.41) is 22.9. The first-order chi connectivity index (χ1) is 8.54. The molecule has 0 unspecified atom stereocenters. The zero-order valence-electron chi connectivity index (χ0n) is 9.29. The van der Waals surface area contributed by atoms with Gasteiger partial charge in [0.15, 0.2) is 5.69 Å². The van der Waals surface area contributed by atoms with Crippen molar-refractivity contribution >= 4 is 11.9 Å². The number of nitriles is 1. The highest BCUT2D eigenvalue weighted by Crippen LogP contribution is 1.90. The van der Waals surface area contributed by atoms with Gasteiger partial charge in [0.05, 0.1) is 12.5 Å². The van der Waals surface area contributed by atoms with Gasteiger partial charge >= 0.3 is 5.97 Å². The molecule has 0 aromatic carbocycles. The average Bonchev–Trinajstić information content (AvgIpc) is 2.32. The molecule has 8 heteroatoms. The lowest BCUT2D eigenvalue weighted by Crippen LogP contribution is -2.34. The molecular formula is C10H10N4O4. The quantitative estimate of drug-likeness (QED) is 0.644. The Kier molecular flexibility index (Phi) is 4.57. The maximum Gasteiger partial charge on any atom is 0.356 e. The first kappa shape index (κ1) is 13.4. The smallest absolute Gasteiger partial charge is 0.356 e. The topological polar surface area (TPSA) is 125 Å². The van der Waals surface area contributed by atoms with E-state index in [0.29, 0.717) is 0 Å². The van der Waals surface area contributed by atoms with Gasteiger partial charge in [-0.25, -0.2) is 9.48 Å². The van der Waals surface area contributed by atoms with Gasteiger partial charge < -0.3 is 10.4 Å². The molecule has 0 saturated carbocycles. The monoisotopic (exact) mass is 250 g/mol. The first-order valence-corrected chi connectivity index (χ1v) is 4.99. The van der Waals surface area contributed by atoms with E-state index in [1.165, 1.54) is 0 Å². The summed E-state index contributed by atoms with van der Waals surface area (Å²) in [6.07, 6.45) is 0.156. The van der Waals surface area contributed by atoms with Gasteiger partial charge in [-0.3, -0.25) is 9.59 Å². The van der Waals surface area contributed by atoms with E-state index in [1.807, 2.05) is 6.07 Å². The van der Waals surface area contributed by atoms with Gasteiger partial charge in [-0.05, 0) is 6.07 Å². The summed E-state index contributed by atoms with van der Waals surface area (Å²) in [5.41, 5.74) is -0.894. The zero-order chi connectivity index (χ0) is 13.5. The van der Waals surface area contributed by atoms with Crippen LogP contribution in [0.5, 0.6) is 0 Å². The molecule has 0 aliphatic carbocycles. The standard InChI is InChI=1S/C10H10N4O4/c11-4-1-5-12-8(15)6-14-9(16)3-2-7(13-14)10(17)18/h2-3H,1,5-6H2,(H,12,15)(H,17,18). The fourth-order valence-electron chi connectivity index (χ4n) is 1.13. The van der Waals surface area contributed by atoms with Crippen molar-refractivity contribution in [2.24, 2.45) is 0 Å². The third-order valence-electron chi connectivity index (χ3n) is 1.94. The van der Waals surface area contributed by atoms with Gasteiger partial charge in [0.2, 0.25) is 5.91 Å². The van der Waals surface area contributed by atoms with Crippen molar-refractivity contribution in [3.63, 3.8) is 0 Å². The van der Waals surface area contributed by atoms with E-state index in [4.69, 9.17) is 10.4 Å². The van der Waals surface area contributed by atoms with E-state index in [-0.39, 0.29) is 25.2 Å². The van der Waals surface area contributed by atoms with Crippen molar-refractivity contribution in [1.29, 1.82) is 5.26 Å². The number of aromatic nitrogens is 2. The molecule has 94 valence electrons. The summed E-state index contributed by atoms with van der Waals surface area (Å²) < 4.78 is 0.755. The number of nitrogens with zero attached hydrogens (tertiary/aromatic N) is 3. The summed E-state index contributed by atoms with van der Waals surface area (Å²) in [5.74, 6) is -1.80. The summed E-state index contributed by atoms with van der Waals surface area (Å²) in [6.45, 7) is -0.214. The molecule has 0 atom stereocenters. The molecule has 0 aliphatic rings. The lowest BCUT2D eigenvalue weighted by molar-refractivity contribution is -0.121. The van der Waals surface area contributed by atoms with Gasteiger partial charge in [0.1, 0.15) is 6.54 Å². The second kappa shape index (κ2) is 6.15. The summed E-state index contributed by atoms with van der Waals surface area (Å²) in [7, 11) is 0. The lowest BCUT2D eigenvalue weighted by Gasteiger charge is -2.05. The highest BCUT2D eigenvalue weighted by atomic mass is 16.4. The Labute approximate surface area is 101 Å². The minimum absolute atomic E-state index is 0.156. The molecule has 0 radical (unpaired) electrons. The molecule has 1 heterocycles. The number of carboxylic acid groups (broad SMARTS) is 1. The Morgan fingerprint density at radius 1 is 1.50 bits per heavy atom. The summed E-state index contributed by atoms with van der Waals surface area (Å²) in [4.78, 5) is 33.3. The third kappa shape index (κ3) is 3.71. The Hall–Kier alpha value is -2.69. The first-order valence-electron chi connectivity index (χ1n) is 4.99. The number of carbonyl (C=O) groups excluding carboxylic acids is 1. The molecule has 18 heavy (non-hydrogen) atoms. The Morgan fingerprint density at radius 3 is 2.83 bits per heavy atom. The van der Waals surface area contributed by atoms with Crippen molar-refractivity contribution in [2.75, 3.05) is 6.54 Å². The molecule has 1 aromatic rings. The van der Waals surface area contributed by atoms with Crippen molar-refractivity contribution in [3.8, 4) is 6.07 Å². The minimum Gasteiger partial charge on any atom is -0.476 e. The van der Waals surface area contributed by atoms with Crippen molar-refractivity contribution < 1.29 is 14.7 Å². The van der Waals surface area contributed by atoms with E-state index in [1.54, 1.807) is 0 Å². The van der Waals surface area contributed by atoms with Crippen LogP contribution in [0.2, 0.25) is 0 Å². The molecule has 0 bridgehead atoms. The lowest BCUT2D eigenvalue weighted by atomic mass is 10.4. The molecule has 1 aromatic heterocycles. The molecule has 0 aliphatic heterocycles. The Bertz CT molecular complexity index is 558. The number of nitrogens with one attached hydrogen (secondary N) is 1. The van der Waals surface area contributed by atoms with Gasteiger partial charge in [0.25, 0.3) is 5.56 Å². The summed E-state index contributed by atoms with van der Waals surface area (Å²) in [6, 6.07) is 3.94. The molecule has 1 amide bonds. The van der Waals surface area contributed by atoms with Gasteiger partial charge in [-0.1, -0.05) is 0 Å². The van der Waals surface area contributed by atoms with Crippen LogP contribution in [-0.4, -0.2) is 33.3 Å². The van der Waals surface area contributed by atoms with E-state index >= 15 is 0 Å². The van der Waals surface area contributed by atoms with E-state index in [0.717, 1.165) is 16.8 Å². The molecular weight excluding hydrogens is 240 g/mol. The van der Waals surface area contributed by atoms with Crippen LogP contribution in [0.4, 0.5) is 0 Å². The summed E-state index contributed by atoms with van der Waals surface area (Å²) >= 11 is 0. The molecule has 8 nitrogen and oxygen atoms in total. The second-order valence-corrected chi connectivity index (χ2v) is 3.28. The van der Waals surface area contributed by atoms with Crippen molar-refractivity contribution in [2.45, 2.75) is 13.0 Å². The highest BCUT2D eigenvalue weighted by molar-refractivity contribution is 5.85. The van der Waals surface area contributed by atoms with Crippen LogP contribution in [0, 0.1) is 11.3 Å². The predicted molar refractivity (Wildman–Crippen MR) is 58.7 cm³/mol. The van der Waals surface area contributed by atoms with Crippen LogP contribution in [0.3, 0.4) is 0 Å². The van der Waals surface area contributed by atoms with Crippen LogP contribution in [0.1, 0.15) is 16.9 Å². The van der Waals surface area contributed by atoms with Gasteiger partial charge in [0, 0.05) is 12.6 Å². The van der Waals surface area contributed by atoms with Crippen LogP contribution >= 0.6 is 0 Å². The van der Waals surface area contributed by atoms with E-state index in [9.17, 15) is 14.4 Å². The Morgan fingerprint density at radius 2 is 2.22 bits per heavy atom. The SMILES string of the molecule is N#CCCNC(=O)Cn1nc(C(=O)O)ccc1=O. The maximum absolute atomic E-state index is 11.4. The van der Waals surface area contributed by atoms with Crippen LogP contribution in [0.15, 0.2) is 16.9 Å². The molecule has 1 rings (SSSR count). The molecule has 0 spiro atoms. The Balaban J connectivity index is 2.75. The van der Waals surface area contributed by atoms with Gasteiger partial charge in [-0.2, -0.15) is 10.4 Å². The van der Waals surface area contributed by atoms with Crippen molar-refractivity contribution in [1.82, 2.24) is 15.1 Å². The molecule has 0 fully saturated rings. The van der Waals surface area contributed by atoms with Crippen molar-refractivity contribution in [3.05, 3.63) is 28.2 Å². The number of hydrogen-bond acceptors (Lipinski definition) is 5. The van der Waals surface area contributed by atoms with Crippen LogP contribution in [-0.2, 0) is 11.3 Å². The number of rotatable bonds is 5. The van der Waals surface area contributed by atoms with E-state index < -0.39 is 17.4 Å². The van der Waals surface area contributed by atoms with Gasteiger partial charge in [-0.15, -0.1) is 0 Å². The fraction of sp³-hybridized carbons (Fsp3) is 0.300. The van der Waals surface area contributed by atoms with Crippen LogP contribution in [0.25, 0.3) is 0 Å². The van der Waals surface area contributed by atoms with E-state index in [2.05, 4.69) is 10.4 Å². The number of amides is 1. The average molecular weight is 250 g/mol. The molecule has 2 N–H and O–H groups in total. The third-order valence-corrected chi connectivity index (χ3v) is 1.94. The number of hydrogen-bond donors (Lipinski definition) is 2. The van der Waals surface area contributed by atoms with Crippen LogP contribution < -0.4 is 10.9 Å². The zero-order valence-corrected chi connectivity index (χ0v) is 9.29. The second-order valence-electron chi connectivity index (χ2n) is 3.28. The minimum atomic E-state index is -1.28. The highest BCUT2D eigenvalue weighted by Gasteiger charge is 2.09. The largest absolute Gasteiger partial charge is 0.476 e. The number of carbonyl (C=O) groups is 2. The molecule has 0 saturated heterocycles. The number of aromatic carboxylic acids is 1. The fourth-order valence-corrected chi connectivity index (χ4v) is 1.13. The predicted octanol–water partition coefficient (Wildman–Crippen LogP) is -1.03. The number of carboxylic acids is 1.